The normalized spacial score (nSPS) is 15.7. The first-order valence-electron chi connectivity index (χ1n) is 9.77. The molecule has 2 aromatic rings. The molecule has 8 nitrogen and oxygen atoms in total. The van der Waals surface area contributed by atoms with Gasteiger partial charge in [-0.15, -0.1) is 0 Å². The van der Waals surface area contributed by atoms with Crippen molar-refractivity contribution in [3.8, 4) is 0 Å². The summed E-state index contributed by atoms with van der Waals surface area (Å²) < 4.78 is 50.6. The van der Waals surface area contributed by atoms with Crippen molar-refractivity contribution in [1.29, 1.82) is 0 Å². The van der Waals surface area contributed by atoms with E-state index in [0.717, 1.165) is 19.3 Å². The average Bonchev–Trinajstić information content (AvgIpc) is 2.72. The third kappa shape index (κ3) is 6.05. The van der Waals surface area contributed by atoms with E-state index in [4.69, 9.17) is 16.7 Å². The van der Waals surface area contributed by atoms with Crippen LogP contribution in [0.15, 0.2) is 58.3 Å². The SMILES string of the molecule is NS(=O)(=O)c1ccc(NC(=O)CN(C2CCCCC2)S(=O)(=O)c2ccc(Cl)cc2)cc1. The molecule has 1 saturated carbocycles. The molecule has 3 N–H and O–H groups in total. The largest absolute Gasteiger partial charge is 0.325 e. The molecule has 0 aromatic heterocycles. The molecular weight excluding hydrogens is 462 g/mol. The van der Waals surface area contributed by atoms with Crippen LogP contribution in [0.1, 0.15) is 32.1 Å². The number of sulfonamides is 2. The van der Waals surface area contributed by atoms with E-state index in [0.29, 0.717) is 23.6 Å². The highest BCUT2D eigenvalue weighted by molar-refractivity contribution is 7.89. The van der Waals surface area contributed by atoms with Gasteiger partial charge in [-0.2, -0.15) is 4.31 Å². The van der Waals surface area contributed by atoms with Crippen LogP contribution < -0.4 is 10.5 Å². The van der Waals surface area contributed by atoms with Crippen molar-refractivity contribution < 1.29 is 21.6 Å². The summed E-state index contributed by atoms with van der Waals surface area (Å²) in [5, 5.41) is 8.11. The summed E-state index contributed by atoms with van der Waals surface area (Å²) in [5.74, 6) is -0.522. The van der Waals surface area contributed by atoms with E-state index in [2.05, 4.69) is 5.32 Å². The molecule has 0 unspecified atom stereocenters. The quantitative estimate of drug-likeness (QED) is 0.623. The zero-order valence-corrected chi connectivity index (χ0v) is 19.1. The van der Waals surface area contributed by atoms with Crippen molar-refractivity contribution in [3.63, 3.8) is 0 Å². The topological polar surface area (TPSA) is 127 Å². The summed E-state index contributed by atoms with van der Waals surface area (Å²) >= 11 is 5.89. The number of anilines is 1. The second-order valence-corrected chi connectivity index (χ2v) is 11.3. The number of benzene rings is 2. The Morgan fingerprint density at radius 2 is 1.48 bits per heavy atom. The fourth-order valence-corrected chi connectivity index (χ4v) is 5.87. The van der Waals surface area contributed by atoms with E-state index in [1.807, 2.05) is 0 Å². The van der Waals surface area contributed by atoms with E-state index in [-0.39, 0.29) is 22.4 Å². The van der Waals surface area contributed by atoms with Crippen LogP contribution in [0.5, 0.6) is 0 Å². The molecule has 168 valence electrons. The van der Waals surface area contributed by atoms with Crippen molar-refractivity contribution in [1.82, 2.24) is 4.31 Å². The number of nitrogens with zero attached hydrogens (tertiary/aromatic N) is 1. The van der Waals surface area contributed by atoms with Crippen LogP contribution in [0.3, 0.4) is 0 Å². The molecule has 0 aliphatic heterocycles. The van der Waals surface area contributed by atoms with Gasteiger partial charge in [-0.1, -0.05) is 30.9 Å². The minimum Gasteiger partial charge on any atom is -0.325 e. The number of nitrogens with one attached hydrogen (secondary N) is 1. The summed E-state index contributed by atoms with van der Waals surface area (Å²) in [5.41, 5.74) is 0.338. The number of rotatable bonds is 7. The highest BCUT2D eigenvalue weighted by Crippen LogP contribution is 2.28. The molecule has 1 aliphatic carbocycles. The summed E-state index contributed by atoms with van der Waals surface area (Å²) in [6.45, 7) is -0.355. The number of amides is 1. The van der Waals surface area contributed by atoms with Crippen LogP contribution in [0.4, 0.5) is 5.69 Å². The third-order valence-electron chi connectivity index (χ3n) is 5.17. The predicted octanol–water partition coefficient (Wildman–Crippen LogP) is 2.95. The molecule has 0 spiro atoms. The maximum Gasteiger partial charge on any atom is 0.243 e. The molecule has 1 aliphatic rings. The van der Waals surface area contributed by atoms with E-state index in [1.165, 1.54) is 52.8 Å². The van der Waals surface area contributed by atoms with Gasteiger partial charge in [0.25, 0.3) is 0 Å². The monoisotopic (exact) mass is 485 g/mol. The number of nitrogens with two attached hydrogens (primary N) is 1. The first-order valence-corrected chi connectivity index (χ1v) is 13.1. The molecule has 0 saturated heterocycles. The van der Waals surface area contributed by atoms with Crippen molar-refractivity contribution in [2.45, 2.75) is 47.9 Å². The van der Waals surface area contributed by atoms with Crippen LogP contribution >= 0.6 is 11.6 Å². The Labute approximate surface area is 187 Å². The Morgan fingerprint density at radius 3 is 2.03 bits per heavy atom. The van der Waals surface area contributed by atoms with E-state index in [9.17, 15) is 21.6 Å². The molecular formula is C20H24ClN3O5S2. The van der Waals surface area contributed by atoms with Crippen LogP contribution in [-0.4, -0.2) is 39.6 Å². The Bertz CT molecular complexity index is 1130. The molecule has 0 bridgehead atoms. The fraction of sp³-hybridized carbons (Fsp3) is 0.350. The lowest BCUT2D eigenvalue weighted by molar-refractivity contribution is -0.116. The van der Waals surface area contributed by atoms with Gasteiger partial charge in [0.1, 0.15) is 0 Å². The Kier molecular flexibility index (Phi) is 7.38. The number of carbonyl (C=O) groups excluding carboxylic acids is 1. The van der Waals surface area contributed by atoms with Crippen LogP contribution in [-0.2, 0) is 24.8 Å². The van der Waals surface area contributed by atoms with Gasteiger partial charge in [0.15, 0.2) is 0 Å². The van der Waals surface area contributed by atoms with Crippen LogP contribution in [0.2, 0.25) is 5.02 Å². The molecule has 0 radical (unpaired) electrons. The maximum atomic E-state index is 13.3. The molecule has 0 atom stereocenters. The predicted molar refractivity (Wildman–Crippen MR) is 119 cm³/mol. The van der Waals surface area contributed by atoms with E-state index in [1.54, 1.807) is 0 Å². The lowest BCUT2D eigenvalue weighted by Crippen LogP contribution is -2.45. The van der Waals surface area contributed by atoms with Gasteiger partial charge in [0.05, 0.1) is 16.3 Å². The zero-order valence-electron chi connectivity index (χ0n) is 16.7. The van der Waals surface area contributed by atoms with Gasteiger partial charge in [-0.05, 0) is 61.4 Å². The molecule has 1 fully saturated rings. The minimum atomic E-state index is -3.91. The highest BCUT2D eigenvalue weighted by atomic mass is 35.5. The van der Waals surface area contributed by atoms with Gasteiger partial charge < -0.3 is 5.32 Å². The zero-order chi connectivity index (χ0) is 22.6. The van der Waals surface area contributed by atoms with Crippen molar-refractivity contribution in [2.75, 3.05) is 11.9 Å². The molecule has 0 heterocycles. The number of hydrogen-bond donors (Lipinski definition) is 2. The molecule has 1 amide bonds. The molecule has 11 heteroatoms. The van der Waals surface area contributed by atoms with Crippen LogP contribution in [0, 0.1) is 0 Å². The minimum absolute atomic E-state index is 0.0766. The Hall–Kier alpha value is -1.98. The van der Waals surface area contributed by atoms with Gasteiger partial charge in [0.2, 0.25) is 26.0 Å². The van der Waals surface area contributed by atoms with Crippen molar-refractivity contribution >= 4 is 43.2 Å². The molecule has 3 rings (SSSR count). The standard InChI is InChI=1S/C20H24ClN3O5S2/c21-15-6-10-19(11-7-15)31(28,29)24(17-4-2-1-3-5-17)14-20(25)23-16-8-12-18(13-9-16)30(22,26)27/h6-13,17H,1-5,14H2,(H,23,25)(H2,22,26,27). The lowest BCUT2D eigenvalue weighted by atomic mass is 9.95. The Morgan fingerprint density at radius 1 is 0.935 bits per heavy atom. The van der Waals surface area contributed by atoms with Gasteiger partial charge >= 0.3 is 0 Å². The summed E-state index contributed by atoms with van der Waals surface area (Å²) in [4.78, 5) is 12.7. The van der Waals surface area contributed by atoms with Crippen molar-refractivity contribution in [2.24, 2.45) is 5.14 Å². The summed E-state index contributed by atoms with van der Waals surface area (Å²) in [6, 6.07) is 10.9. The third-order valence-corrected chi connectivity index (χ3v) is 8.26. The van der Waals surface area contributed by atoms with E-state index >= 15 is 0 Å². The molecule has 2 aromatic carbocycles. The number of hydrogen-bond acceptors (Lipinski definition) is 5. The smallest absolute Gasteiger partial charge is 0.243 e. The van der Waals surface area contributed by atoms with Crippen molar-refractivity contribution in [3.05, 3.63) is 53.6 Å². The summed E-state index contributed by atoms with van der Waals surface area (Å²) in [7, 11) is -7.76. The first-order chi connectivity index (χ1) is 14.6. The average molecular weight is 486 g/mol. The number of carbonyl (C=O) groups is 1. The van der Waals surface area contributed by atoms with Gasteiger partial charge in [0, 0.05) is 16.8 Å². The van der Waals surface area contributed by atoms with Gasteiger partial charge in [-0.3, -0.25) is 4.79 Å². The van der Waals surface area contributed by atoms with E-state index < -0.39 is 26.0 Å². The Balaban J connectivity index is 1.81. The summed E-state index contributed by atoms with van der Waals surface area (Å²) in [6.07, 6.45) is 4.20. The second-order valence-electron chi connectivity index (χ2n) is 7.41. The number of primary sulfonamides is 1. The van der Waals surface area contributed by atoms with Crippen LogP contribution in [0.25, 0.3) is 0 Å². The first kappa shape index (κ1) is 23.7. The number of halogens is 1. The fourth-order valence-electron chi connectivity index (χ4n) is 3.59. The van der Waals surface area contributed by atoms with Gasteiger partial charge in [-0.25, -0.2) is 22.0 Å². The maximum absolute atomic E-state index is 13.3. The molecule has 31 heavy (non-hydrogen) atoms. The highest BCUT2D eigenvalue weighted by Gasteiger charge is 2.34. The second kappa shape index (κ2) is 9.66. The lowest BCUT2D eigenvalue weighted by Gasteiger charge is -2.33.